The van der Waals surface area contributed by atoms with Gasteiger partial charge in [-0.15, -0.1) is 23.7 Å². The molecule has 1 aliphatic carbocycles. The molecule has 0 atom stereocenters. The number of nitrogens with two attached hydrogens (primary N) is 1. The molecule has 0 amide bonds. The first-order valence-electron chi connectivity index (χ1n) is 5.84. The summed E-state index contributed by atoms with van der Waals surface area (Å²) in [5, 5.41) is 1.76. The first kappa shape index (κ1) is 15.9. The third kappa shape index (κ3) is 3.93. The van der Waals surface area contributed by atoms with Gasteiger partial charge in [-0.05, 0) is 24.3 Å². The third-order valence-electron chi connectivity index (χ3n) is 3.22. The Kier molecular flexibility index (Phi) is 5.61. The fraction of sp³-hybridized carbons (Fsp3) is 0.636. The second-order valence-corrected chi connectivity index (χ2v) is 7.62. The van der Waals surface area contributed by atoms with Gasteiger partial charge in [0.05, 0.1) is 0 Å². The van der Waals surface area contributed by atoms with E-state index in [1.54, 1.807) is 17.5 Å². The van der Waals surface area contributed by atoms with E-state index in [2.05, 4.69) is 4.72 Å². The second kappa shape index (κ2) is 6.34. The van der Waals surface area contributed by atoms with Gasteiger partial charge in [-0.3, -0.25) is 0 Å². The van der Waals surface area contributed by atoms with Crippen LogP contribution in [0.2, 0.25) is 0 Å². The van der Waals surface area contributed by atoms with Crippen molar-refractivity contribution >= 4 is 33.8 Å². The van der Waals surface area contributed by atoms with Crippen LogP contribution in [-0.4, -0.2) is 20.5 Å². The van der Waals surface area contributed by atoms with E-state index in [4.69, 9.17) is 5.73 Å². The number of rotatable bonds is 4. The van der Waals surface area contributed by atoms with Gasteiger partial charge in [-0.2, -0.15) is 0 Å². The lowest BCUT2D eigenvalue weighted by Crippen LogP contribution is -2.51. The Balaban J connectivity index is 0.00000162. The lowest BCUT2D eigenvalue weighted by atomic mass is 9.83. The van der Waals surface area contributed by atoms with E-state index in [9.17, 15) is 8.42 Å². The van der Waals surface area contributed by atoms with Crippen molar-refractivity contribution in [3.05, 3.63) is 17.5 Å². The molecular formula is C11H19ClN2O2S2. The maximum absolute atomic E-state index is 11.9. The van der Waals surface area contributed by atoms with Crippen molar-refractivity contribution in [1.29, 1.82) is 0 Å². The summed E-state index contributed by atoms with van der Waals surface area (Å²) in [7, 11) is -3.37. The second-order valence-electron chi connectivity index (χ2n) is 4.68. The first-order valence-corrected chi connectivity index (χ1v) is 8.20. The summed E-state index contributed by atoms with van der Waals surface area (Å²) in [5.41, 5.74) is 5.84. The molecule has 2 rings (SSSR count). The molecule has 0 bridgehead atoms. The fourth-order valence-electron chi connectivity index (χ4n) is 2.16. The van der Waals surface area contributed by atoms with Crippen molar-refractivity contribution in [1.82, 2.24) is 4.72 Å². The van der Waals surface area contributed by atoms with Crippen LogP contribution < -0.4 is 10.5 Å². The molecule has 1 saturated carbocycles. The molecule has 1 aromatic rings. The molecule has 0 aliphatic heterocycles. The van der Waals surface area contributed by atoms with E-state index in [-0.39, 0.29) is 17.9 Å². The highest BCUT2D eigenvalue weighted by atomic mass is 35.5. The van der Waals surface area contributed by atoms with Crippen LogP contribution in [0.15, 0.2) is 21.7 Å². The molecular weight excluding hydrogens is 292 g/mol. The molecule has 3 N–H and O–H groups in total. The zero-order valence-corrected chi connectivity index (χ0v) is 12.5. The Morgan fingerprint density at radius 3 is 2.56 bits per heavy atom. The van der Waals surface area contributed by atoms with Crippen LogP contribution in [0.1, 0.15) is 32.1 Å². The van der Waals surface area contributed by atoms with Crippen molar-refractivity contribution in [2.75, 3.05) is 6.54 Å². The van der Waals surface area contributed by atoms with Crippen LogP contribution in [0, 0.1) is 0 Å². The van der Waals surface area contributed by atoms with E-state index >= 15 is 0 Å². The summed E-state index contributed by atoms with van der Waals surface area (Å²) in [5.74, 6) is 0. The number of hydrogen-bond donors (Lipinski definition) is 2. The molecule has 1 aliphatic rings. The monoisotopic (exact) mass is 310 g/mol. The lowest BCUT2D eigenvalue weighted by Gasteiger charge is -2.33. The summed E-state index contributed by atoms with van der Waals surface area (Å²) in [4.78, 5) is 0. The zero-order chi connectivity index (χ0) is 12.4. The molecule has 0 saturated heterocycles. The van der Waals surface area contributed by atoms with E-state index in [0.29, 0.717) is 10.8 Å². The summed E-state index contributed by atoms with van der Waals surface area (Å²) in [6.45, 7) is 0.341. The number of thiophene rings is 1. The quantitative estimate of drug-likeness (QED) is 0.894. The highest BCUT2D eigenvalue weighted by Crippen LogP contribution is 2.26. The number of nitrogens with one attached hydrogen (secondary N) is 1. The summed E-state index contributed by atoms with van der Waals surface area (Å²) in [6.07, 6.45) is 5.20. The van der Waals surface area contributed by atoms with Gasteiger partial charge in [0.2, 0.25) is 10.0 Å². The average molecular weight is 311 g/mol. The SMILES string of the molecule is Cl.NC1(CNS(=O)(=O)c2cccs2)CCCCC1. The molecule has 1 heterocycles. The first-order chi connectivity index (χ1) is 8.02. The predicted molar refractivity (Wildman–Crippen MR) is 76.8 cm³/mol. The minimum Gasteiger partial charge on any atom is -0.324 e. The molecule has 0 aromatic carbocycles. The Labute approximate surface area is 118 Å². The van der Waals surface area contributed by atoms with Crippen LogP contribution in [0.5, 0.6) is 0 Å². The van der Waals surface area contributed by atoms with Crippen LogP contribution in [0.4, 0.5) is 0 Å². The lowest BCUT2D eigenvalue weighted by molar-refractivity contribution is 0.296. The molecule has 0 radical (unpaired) electrons. The van der Waals surface area contributed by atoms with Gasteiger partial charge in [-0.1, -0.05) is 25.3 Å². The normalized spacial score (nSPS) is 19.2. The number of halogens is 1. The van der Waals surface area contributed by atoms with E-state index in [1.165, 1.54) is 17.8 Å². The van der Waals surface area contributed by atoms with E-state index < -0.39 is 10.0 Å². The van der Waals surface area contributed by atoms with Gasteiger partial charge in [0.1, 0.15) is 4.21 Å². The van der Waals surface area contributed by atoms with Gasteiger partial charge in [0, 0.05) is 12.1 Å². The molecule has 1 aromatic heterocycles. The Morgan fingerprint density at radius 2 is 2.00 bits per heavy atom. The third-order valence-corrected chi connectivity index (χ3v) is 6.02. The smallest absolute Gasteiger partial charge is 0.250 e. The average Bonchev–Trinajstić information content (AvgIpc) is 2.82. The van der Waals surface area contributed by atoms with Crippen molar-refractivity contribution < 1.29 is 8.42 Å². The maximum Gasteiger partial charge on any atom is 0.250 e. The van der Waals surface area contributed by atoms with Crippen LogP contribution in [0.3, 0.4) is 0 Å². The summed E-state index contributed by atoms with van der Waals surface area (Å²) >= 11 is 1.22. The molecule has 104 valence electrons. The predicted octanol–water partition coefficient (Wildman–Crippen LogP) is 2.11. The van der Waals surface area contributed by atoms with Gasteiger partial charge < -0.3 is 5.73 Å². The highest BCUT2D eigenvalue weighted by molar-refractivity contribution is 7.91. The van der Waals surface area contributed by atoms with Crippen molar-refractivity contribution in [3.8, 4) is 0 Å². The summed E-state index contributed by atoms with van der Waals surface area (Å²) in [6, 6.07) is 3.34. The Bertz CT molecular complexity index is 453. The molecule has 18 heavy (non-hydrogen) atoms. The van der Waals surface area contributed by atoms with Gasteiger partial charge in [-0.25, -0.2) is 13.1 Å². The van der Waals surface area contributed by atoms with Crippen molar-refractivity contribution in [2.45, 2.75) is 41.9 Å². The Hall–Kier alpha value is -0.140. The molecule has 1 fully saturated rings. The minimum absolute atomic E-state index is 0. The molecule has 4 nitrogen and oxygen atoms in total. The van der Waals surface area contributed by atoms with Gasteiger partial charge >= 0.3 is 0 Å². The molecule has 0 unspecified atom stereocenters. The minimum atomic E-state index is -3.37. The van der Waals surface area contributed by atoms with Crippen LogP contribution in [-0.2, 0) is 10.0 Å². The highest BCUT2D eigenvalue weighted by Gasteiger charge is 2.29. The summed E-state index contributed by atoms with van der Waals surface area (Å²) < 4.78 is 26.8. The van der Waals surface area contributed by atoms with Gasteiger partial charge in [0.25, 0.3) is 0 Å². The van der Waals surface area contributed by atoms with E-state index in [1.807, 2.05) is 0 Å². The van der Waals surface area contributed by atoms with E-state index in [0.717, 1.165) is 25.7 Å². The van der Waals surface area contributed by atoms with Crippen LogP contribution in [0.25, 0.3) is 0 Å². The zero-order valence-electron chi connectivity index (χ0n) is 10.1. The number of hydrogen-bond acceptors (Lipinski definition) is 4. The molecule has 7 heteroatoms. The van der Waals surface area contributed by atoms with Crippen molar-refractivity contribution in [3.63, 3.8) is 0 Å². The topological polar surface area (TPSA) is 72.2 Å². The largest absolute Gasteiger partial charge is 0.324 e. The van der Waals surface area contributed by atoms with Crippen molar-refractivity contribution in [2.24, 2.45) is 5.73 Å². The number of sulfonamides is 1. The van der Waals surface area contributed by atoms with Gasteiger partial charge in [0.15, 0.2) is 0 Å². The molecule has 0 spiro atoms. The Morgan fingerprint density at radius 1 is 1.33 bits per heavy atom. The fourth-order valence-corrected chi connectivity index (χ4v) is 4.33. The standard InChI is InChI=1S/C11H18N2O2S2.ClH/c12-11(6-2-1-3-7-11)9-13-17(14,15)10-5-4-8-16-10;/h4-5,8,13H,1-3,6-7,9,12H2;1H. The van der Waals surface area contributed by atoms with Crippen LogP contribution >= 0.6 is 23.7 Å². The maximum atomic E-state index is 11.9.